The molecular weight excluding hydrogens is 399 g/mol. The van der Waals surface area contributed by atoms with Gasteiger partial charge in [-0.25, -0.2) is 14.4 Å². The minimum atomic E-state index is -0.258. The predicted molar refractivity (Wildman–Crippen MR) is 117 cm³/mol. The van der Waals surface area contributed by atoms with E-state index in [0.29, 0.717) is 24.4 Å². The third-order valence-electron chi connectivity index (χ3n) is 4.62. The van der Waals surface area contributed by atoms with Gasteiger partial charge in [0.15, 0.2) is 10.8 Å². The lowest BCUT2D eigenvalue weighted by atomic mass is 10.1. The van der Waals surface area contributed by atoms with Crippen LogP contribution >= 0.6 is 11.8 Å². The molecule has 0 fully saturated rings. The molecule has 2 aromatic heterocycles. The van der Waals surface area contributed by atoms with Gasteiger partial charge in [-0.05, 0) is 54.4 Å². The lowest BCUT2D eigenvalue weighted by Gasteiger charge is -2.09. The highest BCUT2D eigenvalue weighted by Gasteiger charge is 2.13. The fraction of sp³-hybridized carbons (Fsp3) is 0.174. The highest BCUT2D eigenvalue weighted by atomic mass is 32.2. The number of hydrogen-bond acceptors (Lipinski definition) is 4. The Hall–Kier alpha value is -3.19. The molecule has 4 aromatic rings. The van der Waals surface area contributed by atoms with Crippen LogP contribution in [0.25, 0.3) is 11.2 Å². The molecule has 4 rings (SSSR count). The molecule has 2 aromatic carbocycles. The predicted octanol–water partition coefficient (Wildman–Crippen LogP) is 4.66. The molecule has 30 heavy (non-hydrogen) atoms. The molecule has 0 bridgehead atoms. The van der Waals surface area contributed by atoms with Gasteiger partial charge in [0.05, 0.1) is 6.54 Å². The Kier molecular flexibility index (Phi) is 6.09. The van der Waals surface area contributed by atoms with E-state index in [1.54, 1.807) is 24.0 Å². The van der Waals surface area contributed by atoms with Crippen molar-refractivity contribution in [2.45, 2.75) is 24.4 Å². The largest absolute Gasteiger partial charge is 0.352 e. The van der Waals surface area contributed by atoms with Crippen molar-refractivity contribution in [3.8, 4) is 0 Å². The smallest absolute Gasteiger partial charge is 0.251 e. The number of benzene rings is 2. The van der Waals surface area contributed by atoms with Crippen molar-refractivity contribution < 1.29 is 9.18 Å². The summed E-state index contributed by atoms with van der Waals surface area (Å²) in [6, 6.07) is 17.9. The van der Waals surface area contributed by atoms with Crippen molar-refractivity contribution in [2.75, 3.05) is 6.54 Å². The highest BCUT2D eigenvalue weighted by Crippen LogP contribution is 2.27. The maximum Gasteiger partial charge on any atom is 0.251 e. The fourth-order valence-corrected chi connectivity index (χ4v) is 4.13. The first kappa shape index (κ1) is 20.1. The summed E-state index contributed by atoms with van der Waals surface area (Å²) in [6.45, 7) is 2.99. The second kappa shape index (κ2) is 9.09. The van der Waals surface area contributed by atoms with Crippen LogP contribution in [0.4, 0.5) is 4.39 Å². The van der Waals surface area contributed by atoms with Crippen molar-refractivity contribution in [3.63, 3.8) is 0 Å². The second-order valence-corrected chi connectivity index (χ2v) is 7.74. The first-order valence-corrected chi connectivity index (χ1v) is 10.7. The number of fused-ring (bicyclic) bond motifs is 1. The van der Waals surface area contributed by atoms with Crippen molar-refractivity contribution in [3.05, 3.63) is 89.4 Å². The van der Waals surface area contributed by atoms with E-state index >= 15 is 0 Å². The number of pyridine rings is 1. The van der Waals surface area contributed by atoms with E-state index in [1.165, 1.54) is 12.1 Å². The number of thioether (sulfide) groups is 1. The van der Waals surface area contributed by atoms with Crippen LogP contribution in [0.15, 0.2) is 72.0 Å². The van der Waals surface area contributed by atoms with Crippen LogP contribution in [-0.4, -0.2) is 27.0 Å². The molecule has 152 valence electrons. The van der Waals surface area contributed by atoms with Crippen LogP contribution in [0.2, 0.25) is 0 Å². The number of rotatable bonds is 7. The van der Waals surface area contributed by atoms with Gasteiger partial charge in [-0.1, -0.05) is 36.0 Å². The van der Waals surface area contributed by atoms with Gasteiger partial charge in [-0.3, -0.25) is 9.36 Å². The lowest BCUT2D eigenvalue weighted by molar-refractivity contribution is 0.0956. The quantitative estimate of drug-likeness (QED) is 0.442. The van der Waals surface area contributed by atoms with Crippen LogP contribution in [0, 0.1) is 5.82 Å². The zero-order chi connectivity index (χ0) is 20.9. The summed E-state index contributed by atoms with van der Waals surface area (Å²) in [5.41, 5.74) is 4.17. The maximum atomic E-state index is 13.6. The van der Waals surface area contributed by atoms with Crippen LogP contribution in [0.1, 0.15) is 28.4 Å². The third kappa shape index (κ3) is 4.52. The summed E-state index contributed by atoms with van der Waals surface area (Å²) < 4.78 is 15.7. The number of halogens is 1. The van der Waals surface area contributed by atoms with Crippen molar-refractivity contribution >= 4 is 28.8 Å². The summed E-state index contributed by atoms with van der Waals surface area (Å²) >= 11 is 1.59. The van der Waals surface area contributed by atoms with Gasteiger partial charge in [0.25, 0.3) is 5.91 Å². The molecule has 0 aliphatic rings. The average Bonchev–Trinajstić information content (AvgIpc) is 3.10. The van der Waals surface area contributed by atoms with Crippen LogP contribution < -0.4 is 5.32 Å². The zero-order valence-corrected chi connectivity index (χ0v) is 17.3. The van der Waals surface area contributed by atoms with E-state index in [2.05, 4.69) is 10.3 Å². The molecule has 5 nitrogen and oxygen atoms in total. The third-order valence-corrected chi connectivity index (χ3v) is 5.67. The zero-order valence-electron chi connectivity index (χ0n) is 16.5. The number of carbonyl (C=O) groups is 1. The molecule has 0 saturated heterocycles. The Labute approximate surface area is 178 Å². The van der Waals surface area contributed by atoms with Gasteiger partial charge >= 0.3 is 0 Å². The van der Waals surface area contributed by atoms with E-state index in [-0.39, 0.29) is 11.7 Å². The Balaban J connectivity index is 1.56. The van der Waals surface area contributed by atoms with Crippen LogP contribution in [0.3, 0.4) is 0 Å². The molecule has 0 radical (unpaired) electrons. The number of carbonyl (C=O) groups excluding carboxylic acids is 1. The Morgan fingerprint density at radius 2 is 1.93 bits per heavy atom. The fourth-order valence-electron chi connectivity index (χ4n) is 3.17. The van der Waals surface area contributed by atoms with E-state index < -0.39 is 0 Å². The summed E-state index contributed by atoms with van der Waals surface area (Å²) in [5, 5.41) is 3.62. The SMILES string of the molecule is CCNC(=O)c1ccc(CSc2nc3cccnc3n2Cc2cccc(F)c2)cc1. The second-order valence-electron chi connectivity index (χ2n) is 6.80. The Morgan fingerprint density at radius 1 is 1.10 bits per heavy atom. The topological polar surface area (TPSA) is 59.8 Å². The summed E-state index contributed by atoms with van der Waals surface area (Å²) in [6.07, 6.45) is 1.74. The van der Waals surface area contributed by atoms with Gasteiger partial charge in [0.2, 0.25) is 0 Å². The molecule has 2 heterocycles. The normalized spacial score (nSPS) is 11.0. The summed E-state index contributed by atoms with van der Waals surface area (Å²) in [5.74, 6) is 0.369. The monoisotopic (exact) mass is 420 g/mol. The Bertz CT molecular complexity index is 1170. The molecule has 0 atom stereocenters. The standard InChI is InChI=1S/C23H21FN4OS/c1-2-25-22(29)18-10-8-16(9-11-18)15-30-23-27-20-7-4-12-26-21(20)28(23)14-17-5-3-6-19(24)13-17/h3-13H,2,14-15H2,1H3,(H,25,29). The molecule has 0 aliphatic heterocycles. The number of nitrogens with zero attached hydrogens (tertiary/aromatic N) is 3. The molecule has 0 unspecified atom stereocenters. The first-order valence-electron chi connectivity index (χ1n) is 9.69. The van der Waals surface area contributed by atoms with Gasteiger partial charge in [-0.2, -0.15) is 0 Å². The highest BCUT2D eigenvalue weighted by molar-refractivity contribution is 7.98. The number of hydrogen-bond donors (Lipinski definition) is 1. The number of aromatic nitrogens is 3. The van der Waals surface area contributed by atoms with Crippen molar-refractivity contribution in [1.82, 2.24) is 19.9 Å². The molecule has 1 N–H and O–H groups in total. The van der Waals surface area contributed by atoms with Crippen LogP contribution in [-0.2, 0) is 12.3 Å². The van der Waals surface area contributed by atoms with E-state index in [1.807, 2.05) is 54.0 Å². The minimum absolute atomic E-state index is 0.0698. The van der Waals surface area contributed by atoms with Crippen LogP contribution in [0.5, 0.6) is 0 Å². The molecular formula is C23H21FN4OS. The molecule has 1 amide bonds. The van der Waals surface area contributed by atoms with Gasteiger partial charge in [0.1, 0.15) is 11.3 Å². The summed E-state index contributed by atoms with van der Waals surface area (Å²) in [4.78, 5) is 21.1. The van der Waals surface area contributed by atoms with Gasteiger partial charge < -0.3 is 5.32 Å². The van der Waals surface area contributed by atoms with Crippen molar-refractivity contribution in [2.24, 2.45) is 0 Å². The first-order chi connectivity index (χ1) is 14.6. The minimum Gasteiger partial charge on any atom is -0.352 e. The molecule has 7 heteroatoms. The van der Waals surface area contributed by atoms with Crippen molar-refractivity contribution in [1.29, 1.82) is 0 Å². The molecule has 0 spiro atoms. The van der Waals surface area contributed by atoms with Gasteiger partial charge in [-0.15, -0.1) is 0 Å². The number of imidazole rings is 1. The molecule has 0 aliphatic carbocycles. The lowest BCUT2D eigenvalue weighted by Crippen LogP contribution is -2.22. The van der Waals surface area contributed by atoms with E-state index in [4.69, 9.17) is 4.98 Å². The number of nitrogens with one attached hydrogen (secondary N) is 1. The number of amides is 1. The Morgan fingerprint density at radius 3 is 2.70 bits per heavy atom. The average molecular weight is 421 g/mol. The van der Waals surface area contributed by atoms with Gasteiger partial charge in [0, 0.05) is 24.1 Å². The molecule has 0 saturated carbocycles. The van der Waals surface area contributed by atoms with E-state index in [9.17, 15) is 9.18 Å². The van der Waals surface area contributed by atoms with E-state index in [0.717, 1.165) is 27.4 Å². The maximum absolute atomic E-state index is 13.6. The summed E-state index contributed by atoms with van der Waals surface area (Å²) in [7, 11) is 0.